The molecule has 0 aliphatic rings. The number of Topliss-reactive ketones (excluding diaryl/α,β-unsaturated/α-hetero) is 1. The van der Waals surface area contributed by atoms with Crippen molar-refractivity contribution in [1.29, 1.82) is 0 Å². The molecule has 0 amide bonds. The first kappa shape index (κ1) is 14.9. The molecule has 2 aromatic carbocycles. The highest BCUT2D eigenvalue weighted by atomic mass is 35.5. The highest BCUT2D eigenvalue weighted by Gasteiger charge is 2.13. The van der Waals surface area contributed by atoms with Gasteiger partial charge < -0.3 is 0 Å². The van der Waals surface area contributed by atoms with E-state index in [1.807, 2.05) is 0 Å². The molecule has 0 N–H and O–H groups in total. The van der Waals surface area contributed by atoms with E-state index in [4.69, 9.17) is 11.6 Å². The van der Waals surface area contributed by atoms with Crippen LogP contribution in [0.4, 0.5) is 4.39 Å². The first-order valence-corrected chi connectivity index (χ1v) is 7.65. The van der Waals surface area contributed by atoms with Crippen molar-refractivity contribution in [3.05, 3.63) is 64.9 Å². The van der Waals surface area contributed by atoms with E-state index in [0.29, 0.717) is 15.5 Å². The molecule has 0 aliphatic carbocycles. The minimum Gasteiger partial charge on any atom is -0.298 e. The molecule has 1 unspecified atom stereocenters. The Balaban J connectivity index is 2.00. The van der Waals surface area contributed by atoms with Gasteiger partial charge in [0, 0.05) is 6.42 Å². The summed E-state index contributed by atoms with van der Waals surface area (Å²) in [6.07, 6.45) is 0.135. The van der Waals surface area contributed by atoms with Crippen LogP contribution in [0.2, 0.25) is 5.02 Å². The number of ketones is 1. The molecule has 0 heterocycles. The SMILES string of the molecule is O=C(Cc1ccc(F)cc1)CS(=O)c1ccccc1Cl. The van der Waals surface area contributed by atoms with Gasteiger partial charge in [0.1, 0.15) is 11.6 Å². The van der Waals surface area contributed by atoms with Gasteiger partial charge in [-0.15, -0.1) is 0 Å². The van der Waals surface area contributed by atoms with Crippen molar-refractivity contribution in [2.45, 2.75) is 11.3 Å². The molecule has 5 heteroatoms. The first-order valence-electron chi connectivity index (χ1n) is 5.95. The standard InChI is InChI=1S/C15H12ClFO2S/c16-14-3-1-2-4-15(14)20(19)10-13(18)9-11-5-7-12(17)8-6-11/h1-8H,9-10H2. The van der Waals surface area contributed by atoms with E-state index < -0.39 is 10.8 Å². The molecule has 0 aliphatic heterocycles. The molecule has 0 aromatic heterocycles. The van der Waals surface area contributed by atoms with Crippen LogP contribution in [0, 0.1) is 5.82 Å². The van der Waals surface area contributed by atoms with Crippen molar-refractivity contribution in [3.8, 4) is 0 Å². The highest BCUT2D eigenvalue weighted by Crippen LogP contribution is 2.19. The van der Waals surface area contributed by atoms with E-state index in [1.54, 1.807) is 36.4 Å². The fraction of sp³-hybridized carbons (Fsp3) is 0.133. The lowest BCUT2D eigenvalue weighted by atomic mass is 10.1. The normalized spacial score (nSPS) is 12.1. The Morgan fingerprint density at radius 3 is 2.40 bits per heavy atom. The fourth-order valence-corrected chi connectivity index (χ4v) is 3.19. The van der Waals surface area contributed by atoms with E-state index in [0.717, 1.165) is 0 Å². The fourth-order valence-electron chi connectivity index (χ4n) is 1.73. The van der Waals surface area contributed by atoms with Gasteiger partial charge in [-0.3, -0.25) is 9.00 Å². The Morgan fingerprint density at radius 2 is 1.75 bits per heavy atom. The third-order valence-electron chi connectivity index (χ3n) is 2.69. The number of carbonyl (C=O) groups excluding carboxylic acids is 1. The van der Waals surface area contributed by atoms with Gasteiger partial charge in [-0.2, -0.15) is 0 Å². The van der Waals surface area contributed by atoms with Gasteiger partial charge in [0.2, 0.25) is 0 Å². The lowest BCUT2D eigenvalue weighted by Crippen LogP contribution is -2.13. The molecule has 2 rings (SSSR count). The zero-order valence-corrected chi connectivity index (χ0v) is 12.1. The van der Waals surface area contributed by atoms with Crippen LogP contribution in [0.25, 0.3) is 0 Å². The maximum atomic E-state index is 12.8. The summed E-state index contributed by atoms with van der Waals surface area (Å²) in [6, 6.07) is 12.4. The lowest BCUT2D eigenvalue weighted by Gasteiger charge is -2.04. The molecular formula is C15H12ClFO2S. The third-order valence-corrected chi connectivity index (χ3v) is 4.56. The quantitative estimate of drug-likeness (QED) is 0.848. The summed E-state index contributed by atoms with van der Waals surface area (Å²) in [5, 5.41) is 0.389. The van der Waals surface area contributed by atoms with Gasteiger partial charge in [0.15, 0.2) is 0 Å². The van der Waals surface area contributed by atoms with Crippen molar-refractivity contribution >= 4 is 28.2 Å². The zero-order chi connectivity index (χ0) is 14.5. The average molecular weight is 311 g/mol. The van der Waals surface area contributed by atoms with Crippen LogP contribution in [0.5, 0.6) is 0 Å². The number of benzene rings is 2. The van der Waals surface area contributed by atoms with Gasteiger partial charge in [-0.1, -0.05) is 35.9 Å². The number of halogens is 2. The van der Waals surface area contributed by atoms with Crippen LogP contribution >= 0.6 is 11.6 Å². The second kappa shape index (κ2) is 6.77. The zero-order valence-electron chi connectivity index (χ0n) is 10.5. The Kier molecular flexibility index (Phi) is 5.04. The molecule has 104 valence electrons. The predicted molar refractivity (Wildman–Crippen MR) is 77.8 cm³/mol. The van der Waals surface area contributed by atoms with E-state index in [2.05, 4.69) is 0 Å². The van der Waals surface area contributed by atoms with Crippen molar-refractivity contribution in [2.75, 3.05) is 5.75 Å². The van der Waals surface area contributed by atoms with Crippen molar-refractivity contribution in [3.63, 3.8) is 0 Å². The maximum absolute atomic E-state index is 12.8. The van der Waals surface area contributed by atoms with Crippen LogP contribution in [-0.4, -0.2) is 15.7 Å². The molecule has 0 bridgehead atoms. The Labute approximate surface area is 124 Å². The number of hydrogen-bond acceptors (Lipinski definition) is 2. The highest BCUT2D eigenvalue weighted by molar-refractivity contribution is 7.85. The molecule has 0 spiro atoms. The van der Waals surface area contributed by atoms with Crippen LogP contribution < -0.4 is 0 Å². The van der Waals surface area contributed by atoms with Gasteiger partial charge in [-0.25, -0.2) is 4.39 Å². The smallest absolute Gasteiger partial charge is 0.150 e. The summed E-state index contributed by atoms with van der Waals surface area (Å²) in [7, 11) is -1.46. The summed E-state index contributed by atoms with van der Waals surface area (Å²) in [6.45, 7) is 0. The van der Waals surface area contributed by atoms with E-state index >= 15 is 0 Å². The van der Waals surface area contributed by atoms with E-state index in [9.17, 15) is 13.4 Å². The van der Waals surface area contributed by atoms with E-state index in [1.165, 1.54) is 12.1 Å². The Bertz CT molecular complexity index is 641. The second-order valence-electron chi connectivity index (χ2n) is 4.26. The van der Waals surface area contributed by atoms with Gasteiger partial charge in [-0.05, 0) is 29.8 Å². The topological polar surface area (TPSA) is 34.1 Å². The van der Waals surface area contributed by atoms with Gasteiger partial charge in [0.25, 0.3) is 0 Å². The van der Waals surface area contributed by atoms with Crippen LogP contribution in [-0.2, 0) is 22.0 Å². The monoisotopic (exact) mass is 310 g/mol. The Morgan fingerprint density at radius 1 is 1.10 bits per heavy atom. The van der Waals surface area contributed by atoms with Gasteiger partial charge >= 0.3 is 0 Å². The predicted octanol–water partition coefficient (Wildman–Crippen LogP) is 3.40. The molecule has 0 saturated carbocycles. The van der Waals surface area contributed by atoms with Crippen molar-refractivity contribution in [2.24, 2.45) is 0 Å². The third kappa shape index (κ3) is 3.99. The molecule has 0 fully saturated rings. The Hall–Kier alpha value is -1.52. The minimum atomic E-state index is -1.46. The molecular weight excluding hydrogens is 299 g/mol. The molecule has 0 saturated heterocycles. The molecule has 20 heavy (non-hydrogen) atoms. The summed E-state index contributed by atoms with van der Waals surface area (Å²) in [5.41, 5.74) is 0.701. The summed E-state index contributed by atoms with van der Waals surface area (Å²) in [4.78, 5) is 12.3. The molecule has 2 nitrogen and oxygen atoms in total. The van der Waals surface area contributed by atoms with E-state index in [-0.39, 0.29) is 23.8 Å². The minimum absolute atomic E-state index is 0.0961. The van der Waals surface area contributed by atoms with Crippen molar-refractivity contribution < 1.29 is 13.4 Å². The largest absolute Gasteiger partial charge is 0.298 e. The summed E-state index contributed by atoms with van der Waals surface area (Å²) in [5.74, 6) is -0.614. The van der Waals surface area contributed by atoms with Crippen LogP contribution in [0.1, 0.15) is 5.56 Å². The number of carbonyl (C=O) groups is 1. The summed E-state index contributed by atoms with van der Waals surface area (Å²) >= 11 is 5.93. The number of hydrogen-bond donors (Lipinski definition) is 0. The van der Waals surface area contributed by atoms with Crippen LogP contribution in [0.3, 0.4) is 0 Å². The second-order valence-corrected chi connectivity index (χ2v) is 6.09. The molecule has 0 radical (unpaired) electrons. The molecule has 1 atom stereocenters. The number of rotatable bonds is 5. The first-order chi connectivity index (χ1) is 9.56. The summed E-state index contributed by atoms with van der Waals surface area (Å²) < 4.78 is 24.8. The average Bonchev–Trinajstić information content (AvgIpc) is 2.41. The van der Waals surface area contributed by atoms with Gasteiger partial charge in [0.05, 0.1) is 26.5 Å². The van der Waals surface area contributed by atoms with Crippen LogP contribution in [0.15, 0.2) is 53.4 Å². The maximum Gasteiger partial charge on any atom is 0.150 e. The lowest BCUT2D eigenvalue weighted by molar-refractivity contribution is -0.116. The molecule has 2 aromatic rings. The van der Waals surface area contributed by atoms with Crippen molar-refractivity contribution in [1.82, 2.24) is 0 Å².